The molecule has 0 aliphatic carbocycles. The van der Waals surface area contributed by atoms with Gasteiger partial charge in [0.1, 0.15) is 0 Å². The van der Waals surface area contributed by atoms with Crippen LogP contribution in [0.15, 0.2) is 0 Å². The van der Waals surface area contributed by atoms with Crippen LogP contribution in [0.2, 0.25) is 0 Å². The van der Waals surface area contributed by atoms with Gasteiger partial charge in [-0.25, -0.2) is 0 Å². The fourth-order valence-electron chi connectivity index (χ4n) is 1.91. The van der Waals surface area contributed by atoms with Gasteiger partial charge in [0, 0.05) is 6.61 Å². The van der Waals surface area contributed by atoms with Crippen LogP contribution >= 0.6 is 0 Å². The minimum absolute atomic E-state index is 0.401. The summed E-state index contributed by atoms with van der Waals surface area (Å²) in [7, 11) is 0. The topological polar surface area (TPSA) is 9.23 Å². The Kier molecular flexibility index (Phi) is 13.0. The first-order valence-corrected chi connectivity index (χ1v) is 7.39. The van der Waals surface area contributed by atoms with E-state index in [0.29, 0.717) is 6.10 Å². The van der Waals surface area contributed by atoms with E-state index in [-0.39, 0.29) is 0 Å². The van der Waals surface area contributed by atoms with Crippen molar-refractivity contribution >= 4 is 0 Å². The minimum atomic E-state index is 0.401. The van der Waals surface area contributed by atoms with E-state index in [0.717, 1.165) is 6.61 Å². The molecule has 0 saturated carbocycles. The maximum atomic E-state index is 5.51. The number of hydrogen-bond donors (Lipinski definition) is 0. The predicted molar refractivity (Wildman–Crippen MR) is 72.9 cm³/mol. The summed E-state index contributed by atoms with van der Waals surface area (Å²) in [5.74, 6) is 0. The lowest BCUT2D eigenvalue weighted by Gasteiger charge is -2.06. The highest BCUT2D eigenvalue weighted by Crippen LogP contribution is 2.10. The lowest BCUT2D eigenvalue weighted by molar-refractivity contribution is 0.0756. The van der Waals surface area contributed by atoms with Gasteiger partial charge < -0.3 is 4.74 Å². The second-order valence-corrected chi connectivity index (χ2v) is 5.10. The summed E-state index contributed by atoms with van der Waals surface area (Å²) in [4.78, 5) is 0. The summed E-state index contributed by atoms with van der Waals surface area (Å²) in [5, 5.41) is 0. The standard InChI is InChI=1S/C15H32O/c1-4-5-6-7-8-9-10-11-12-13-14-16-15(2)3/h15H,4-14H2,1-3H3. The smallest absolute Gasteiger partial charge is 0.0518 e. The van der Waals surface area contributed by atoms with E-state index < -0.39 is 0 Å². The molecule has 0 unspecified atom stereocenters. The Morgan fingerprint density at radius 3 is 1.56 bits per heavy atom. The van der Waals surface area contributed by atoms with Gasteiger partial charge >= 0.3 is 0 Å². The fraction of sp³-hybridized carbons (Fsp3) is 1.00. The van der Waals surface area contributed by atoms with Crippen LogP contribution in [0.25, 0.3) is 0 Å². The SMILES string of the molecule is CCCCCCCCCCCCOC(C)C. The van der Waals surface area contributed by atoms with Crippen LogP contribution in [0, 0.1) is 0 Å². The van der Waals surface area contributed by atoms with Gasteiger partial charge in [0.25, 0.3) is 0 Å². The van der Waals surface area contributed by atoms with Gasteiger partial charge in [0.2, 0.25) is 0 Å². The van der Waals surface area contributed by atoms with Crippen molar-refractivity contribution in [2.45, 2.75) is 91.1 Å². The molecule has 0 fully saturated rings. The van der Waals surface area contributed by atoms with Gasteiger partial charge in [-0.05, 0) is 20.3 Å². The average Bonchev–Trinajstić information content (AvgIpc) is 2.25. The van der Waals surface area contributed by atoms with E-state index >= 15 is 0 Å². The van der Waals surface area contributed by atoms with Crippen molar-refractivity contribution in [3.05, 3.63) is 0 Å². The molecule has 0 spiro atoms. The zero-order chi connectivity index (χ0) is 12.1. The van der Waals surface area contributed by atoms with Gasteiger partial charge in [-0.1, -0.05) is 64.7 Å². The van der Waals surface area contributed by atoms with Crippen molar-refractivity contribution in [3.63, 3.8) is 0 Å². The van der Waals surface area contributed by atoms with E-state index in [1.54, 1.807) is 0 Å². The van der Waals surface area contributed by atoms with Gasteiger partial charge in [-0.15, -0.1) is 0 Å². The predicted octanol–water partition coefficient (Wildman–Crippen LogP) is 5.33. The Morgan fingerprint density at radius 2 is 1.12 bits per heavy atom. The number of ether oxygens (including phenoxy) is 1. The average molecular weight is 228 g/mol. The number of unbranched alkanes of at least 4 members (excludes halogenated alkanes) is 9. The van der Waals surface area contributed by atoms with Crippen molar-refractivity contribution in [1.29, 1.82) is 0 Å². The third-order valence-corrected chi connectivity index (χ3v) is 2.95. The van der Waals surface area contributed by atoms with Gasteiger partial charge in [-0.3, -0.25) is 0 Å². The van der Waals surface area contributed by atoms with Gasteiger partial charge in [0.15, 0.2) is 0 Å². The summed E-state index contributed by atoms with van der Waals surface area (Å²) in [6.45, 7) is 7.44. The zero-order valence-corrected chi connectivity index (χ0v) is 11.8. The Labute approximate surface area is 103 Å². The normalized spacial score (nSPS) is 11.2. The molecule has 0 atom stereocenters. The van der Waals surface area contributed by atoms with Crippen molar-refractivity contribution in [2.24, 2.45) is 0 Å². The number of hydrogen-bond acceptors (Lipinski definition) is 1. The molecule has 0 rings (SSSR count). The molecular formula is C15H32O. The third kappa shape index (κ3) is 14.0. The van der Waals surface area contributed by atoms with Crippen molar-refractivity contribution in [3.8, 4) is 0 Å². The van der Waals surface area contributed by atoms with E-state index in [2.05, 4.69) is 20.8 Å². The molecule has 0 aliphatic rings. The summed E-state index contributed by atoms with van der Waals surface area (Å²) in [6, 6.07) is 0. The molecule has 0 radical (unpaired) electrons. The van der Waals surface area contributed by atoms with E-state index in [9.17, 15) is 0 Å². The third-order valence-electron chi connectivity index (χ3n) is 2.95. The second-order valence-electron chi connectivity index (χ2n) is 5.10. The molecule has 0 heterocycles. The first kappa shape index (κ1) is 16.0. The highest BCUT2D eigenvalue weighted by atomic mass is 16.5. The first-order chi connectivity index (χ1) is 7.77. The van der Waals surface area contributed by atoms with Crippen LogP contribution in [0.4, 0.5) is 0 Å². The van der Waals surface area contributed by atoms with E-state index in [1.165, 1.54) is 64.2 Å². The Morgan fingerprint density at radius 1 is 0.688 bits per heavy atom. The first-order valence-electron chi connectivity index (χ1n) is 7.39. The Hall–Kier alpha value is -0.0400. The van der Waals surface area contributed by atoms with Crippen molar-refractivity contribution in [2.75, 3.05) is 6.61 Å². The zero-order valence-electron chi connectivity index (χ0n) is 11.8. The molecule has 0 aromatic heterocycles. The summed E-state index contributed by atoms with van der Waals surface area (Å²) < 4.78 is 5.51. The molecule has 0 N–H and O–H groups in total. The maximum absolute atomic E-state index is 5.51. The van der Waals surface area contributed by atoms with E-state index in [1.807, 2.05) is 0 Å². The van der Waals surface area contributed by atoms with Crippen molar-refractivity contribution in [1.82, 2.24) is 0 Å². The van der Waals surface area contributed by atoms with Crippen LogP contribution in [-0.2, 0) is 4.74 Å². The molecular weight excluding hydrogens is 196 g/mol. The largest absolute Gasteiger partial charge is 0.379 e. The fourth-order valence-corrected chi connectivity index (χ4v) is 1.91. The van der Waals surface area contributed by atoms with Crippen molar-refractivity contribution < 1.29 is 4.74 Å². The van der Waals surface area contributed by atoms with Crippen LogP contribution in [-0.4, -0.2) is 12.7 Å². The van der Waals surface area contributed by atoms with E-state index in [4.69, 9.17) is 4.74 Å². The van der Waals surface area contributed by atoms with Gasteiger partial charge in [-0.2, -0.15) is 0 Å². The lowest BCUT2D eigenvalue weighted by Crippen LogP contribution is -2.03. The number of rotatable bonds is 12. The molecule has 0 aliphatic heterocycles. The molecule has 0 amide bonds. The Balaban J connectivity index is 2.88. The van der Waals surface area contributed by atoms with Crippen LogP contribution in [0.3, 0.4) is 0 Å². The molecule has 0 saturated heterocycles. The highest BCUT2D eigenvalue weighted by molar-refractivity contribution is 4.47. The van der Waals surface area contributed by atoms with Crippen LogP contribution in [0.1, 0.15) is 85.0 Å². The van der Waals surface area contributed by atoms with Crippen LogP contribution < -0.4 is 0 Å². The summed E-state index contributed by atoms with van der Waals surface area (Å²) >= 11 is 0. The van der Waals surface area contributed by atoms with Gasteiger partial charge in [0.05, 0.1) is 6.10 Å². The lowest BCUT2D eigenvalue weighted by atomic mass is 10.1. The quantitative estimate of drug-likeness (QED) is 0.410. The highest BCUT2D eigenvalue weighted by Gasteiger charge is 1.94. The molecule has 0 aromatic rings. The Bertz CT molecular complexity index is 121. The summed E-state index contributed by atoms with van der Waals surface area (Å²) in [5.41, 5.74) is 0. The van der Waals surface area contributed by atoms with Crippen LogP contribution in [0.5, 0.6) is 0 Å². The second kappa shape index (κ2) is 13.0. The minimum Gasteiger partial charge on any atom is -0.379 e. The summed E-state index contributed by atoms with van der Waals surface area (Å²) in [6.07, 6.45) is 14.4. The maximum Gasteiger partial charge on any atom is 0.0518 e. The molecule has 1 nitrogen and oxygen atoms in total. The monoisotopic (exact) mass is 228 g/mol. The molecule has 1 heteroatoms. The molecule has 0 bridgehead atoms. The molecule has 98 valence electrons. The molecule has 0 aromatic carbocycles. The molecule has 16 heavy (non-hydrogen) atoms.